The van der Waals surface area contributed by atoms with Crippen LogP contribution in [-0.2, 0) is 0 Å². The molecule has 0 heterocycles. The Hall–Kier alpha value is 0. The van der Waals surface area contributed by atoms with Crippen LogP contribution in [0.2, 0.25) is 0 Å². The standard InChI is InChI=1S/C14H30/c1-7-9-10-13(12(3)4)14(5,6)11-8-2/h12-13H,7-11H2,1-6H3. The summed E-state index contributed by atoms with van der Waals surface area (Å²) < 4.78 is 0. The van der Waals surface area contributed by atoms with Crippen molar-refractivity contribution >= 4 is 0 Å². The van der Waals surface area contributed by atoms with E-state index in [-0.39, 0.29) is 0 Å². The zero-order valence-corrected chi connectivity index (χ0v) is 11.2. The fourth-order valence-corrected chi connectivity index (χ4v) is 2.88. The van der Waals surface area contributed by atoms with Gasteiger partial charge in [-0.05, 0) is 30.1 Å². The molecule has 0 heteroatoms. The Morgan fingerprint density at radius 1 is 1.00 bits per heavy atom. The number of unbranched alkanes of at least 4 members (excludes halogenated alkanes) is 1. The summed E-state index contributed by atoms with van der Waals surface area (Å²) in [5, 5.41) is 0. The summed E-state index contributed by atoms with van der Waals surface area (Å²) in [4.78, 5) is 0. The van der Waals surface area contributed by atoms with Crippen molar-refractivity contribution < 1.29 is 0 Å². The summed E-state index contributed by atoms with van der Waals surface area (Å²) in [6.45, 7) is 14.3. The van der Waals surface area contributed by atoms with Crippen LogP contribution in [0.25, 0.3) is 0 Å². The first kappa shape index (κ1) is 14.0. The molecule has 1 atom stereocenters. The van der Waals surface area contributed by atoms with Crippen LogP contribution in [0.3, 0.4) is 0 Å². The molecule has 86 valence electrons. The van der Waals surface area contributed by atoms with E-state index < -0.39 is 0 Å². The molecule has 0 aromatic heterocycles. The maximum atomic E-state index is 2.46. The van der Waals surface area contributed by atoms with Crippen molar-refractivity contribution in [1.29, 1.82) is 0 Å². The molecule has 14 heavy (non-hydrogen) atoms. The molecular formula is C14H30. The predicted octanol–water partition coefficient (Wildman–Crippen LogP) is 5.28. The first-order chi connectivity index (χ1) is 6.45. The van der Waals surface area contributed by atoms with Gasteiger partial charge in [0.05, 0.1) is 0 Å². The highest BCUT2D eigenvalue weighted by molar-refractivity contribution is 4.80. The lowest BCUT2D eigenvalue weighted by Crippen LogP contribution is -2.28. The van der Waals surface area contributed by atoms with E-state index in [1.54, 1.807) is 0 Å². The first-order valence-electron chi connectivity index (χ1n) is 6.45. The molecule has 0 aliphatic heterocycles. The molecule has 0 rings (SSSR count). The average molecular weight is 198 g/mol. The highest BCUT2D eigenvalue weighted by Crippen LogP contribution is 2.39. The fourth-order valence-electron chi connectivity index (χ4n) is 2.88. The SMILES string of the molecule is CCCCC(C(C)C)C(C)(C)CCC. The highest BCUT2D eigenvalue weighted by atomic mass is 14.3. The Morgan fingerprint density at radius 3 is 1.93 bits per heavy atom. The van der Waals surface area contributed by atoms with Gasteiger partial charge in [-0.3, -0.25) is 0 Å². The van der Waals surface area contributed by atoms with Gasteiger partial charge in [0.25, 0.3) is 0 Å². The van der Waals surface area contributed by atoms with Gasteiger partial charge < -0.3 is 0 Å². The molecule has 0 saturated heterocycles. The molecule has 0 fully saturated rings. The van der Waals surface area contributed by atoms with Gasteiger partial charge in [-0.15, -0.1) is 0 Å². The number of hydrogen-bond donors (Lipinski definition) is 0. The zero-order chi connectivity index (χ0) is 11.2. The van der Waals surface area contributed by atoms with Gasteiger partial charge >= 0.3 is 0 Å². The summed E-state index contributed by atoms with van der Waals surface area (Å²) in [5.74, 6) is 1.74. The van der Waals surface area contributed by atoms with E-state index in [0.29, 0.717) is 5.41 Å². The molecular weight excluding hydrogens is 168 g/mol. The molecule has 0 bridgehead atoms. The Labute approximate surface area is 91.5 Å². The van der Waals surface area contributed by atoms with Gasteiger partial charge in [-0.2, -0.15) is 0 Å². The smallest absolute Gasteiger partial charge is 0.0324 e. The summed E-state index contributed by atoms with van der Waals surface area (Å²) in [7, 11) is 0. The molecule has 0 aliphatic carbocycles. The lowest BCUT2D eigenvalue weighted by molar-refractivity contribution is 0.129. The molecule has 0 aromatic rings. The van der Waals surface area contributed by atoms with Gasteiger partial charge in [-0.25, -0.2) is 0 Å². The molecule has 0 radical (unpaired) electrons. The quantitative estimate of drug-likeness (QED) is 0.522. The van der Waals surface area contributed by atoms with Crippen LogP contribution >= 0.6 is 0 Å². The second kappa shape index (κ2) is 6.48. The molecule has 0 aromatic carbocycles. The summed E-state index contributed by atoms with van der Waals surface area (Å²) in [5.41, 5.74) is 0.540. The Bertz CT molecular complexity index is 133. The molecule has 0 N–H and O–H groups in total. The largest absolute Gasteiger partial charge is 0.0654 e. The van der Waals surface area contributed by atoms with Crippen molar-refractivity contribution in [2.45, 2.75) is 73.6 Å². The third kappa shape index (κ3) is 4.48. The third-order valence-electron chi connectivity index (χ3n) is 3.57. The molecule has 0 nitrogen and oxygen atoms in total. The van der Waals surface area contributed by atoms with Gasteiger partial charge in [0.2, 0.25) is 0 Å². The lowest BCUT2D eigenvalue weighted by Gasteiger charge is -2.37. The first-order valence-corrected chi connectivity index (χ1v) is 6.45. The van der Waals surface area contributed by atoms with E-state index in [1.807, 2.05) is 0 Å². The molecule has 0 spiro atoms. The monoisotopic (exact) mass is 198 g/mol. The van der Waals surface area contributed by atoms with Gasteiger partial charge in [0, 0.05) is 0 Å². The third-order valence-corrected chi connectivity index (χ3v) is 3.57. The van der Waals surface area contributed by atoms with E-state index in [1.165, 1.54) is 32.1 Å². The number of rotatable bonds is 7. The van der Waals surface area contributed by atoms with Crippen molar-refractivity contribution in [2.75, 3.05) is 0 Å². The predicted molar refractivity (Wildman–Crippen MR) is 66.5 cm³/mol. The topological polar surface area (TPSA) is 0 Å². The van der Waals surface area contributed by atoms with E-state index >= 15 is 0 Å². The van der Waals surface area contributed by atoms with Crippen molar-refractivity contribution in [3.05, 3.63) is 0 Å². The van der Waals surface area contributed by atoms with Crippen LogP contribution in [0.1, 0.15) is 73.6 Å². The fraction of sp³-hybridized carbons (Fsp3) is 1.00. The maximum Gasteiger partial charge on any atom is -0.0324 e. The van der Waals surface area contributed by atoms with Crippen LogP contribution in [0.5, 0.6) is 0 Å². The Morgan fingerprint density at radius 2 is 1.57 bits per heavy atom. The van der Waals surface area contributed by atoms with Gasteiger partial charge in [0.1, 0.15) is 0 Å². The van der Waals surface area contributed by atoms with E-state index in [2.05, 4.69) is 41.5 Å². The average Bonchev–Trinajstić information content (AvgIpc) is 2.03. The minimum Gasteiger partial charge on any atom is -0.0654 e. The molecule has 0 saturated carbocycles. The number of hydrogen-bond acceptors (Lipinski definition) is 0. The Balaban J connectivity index is 4.30. The second-order valence-electron chi connectivity index (χ2n) is 5.73. The maximum absolute atomic E-state index is 2.46. The molecule has 0 amide bonds. The van der Waals surface area contributed by atoms with Crippen molar-refractivity contribution in [2.24, 2.45) is 17.3 Å². The van der Waals surface area contributed by atoms with Gasteiger partial charge in [0.15, 0.2) is 0 Å². The van der Waals surface area contributed by atoms with Crippen LogP contribution in [-0.4, -0.2) is 0 Å². The van der Waals surface area contributed by atoms with Crippen LogP contribution in [0, 0.1) is 17.3 Å². The molecule has 1 unspecified atom stereocenters. The second-order valence-corrected chi connectivity index (χ2v) is 5.73. The zero-order valence-electron chi connectivity index (χ0n) is 11.2. The van der Waals surface area contributed by atoms with Crippen molar-refractivity contribution in [3.8, 4) is 0 Å². The normalized spacial score (nSPS) is 14.8. The summed E-state index contributed by atoms with van der Waals surface area (Å²) in [6, 6.07) is 0. The van der Waals surface area contributed by atoms with Crippen molar-refractivity contribution in [3.63, 3.8) is 0 Å². The summed E-state index contributed by atoms with van der Waals surface area (Å²) >= 11 is 0. The van der Waals surface area contributed by atoms with Crippen LogP contribution in [0.4, 0.5) is 0 Å². The van der Waals surface area contributed by atoms with Crippen LogP contribution < -0.4 is 0 Å². The van der Waals surface area contributed by atoms with E-state index in [0.717, 1.165) is 11.8 Å². The van der Waals surface area contributed by atoms with E-state index in [9.17, 15) is 0 Å². The lowest BCUT2D eigenvalue weighted by atomic mass is 9.68. The minimum absolute atomic E-state index is 0.540. The van der Waals surface area contributed by atoms with Crippen LogP contribution in [0.15, 0.2) is 0 Å². The van der Waals surface area contributed by atoms with Crippen molar-refractivity contribution in [1.82, 2.24) is 0 Å². The molecule has 0 aliphatic rings. The Kier molecular flexibility index (Phi) is 6.48. The highest BCUT2D eigenvalue weighted by Gasteiger charge is 2.30. The minimum atomic E-state index is 0.540. The summed E-state index contributed by atoms with van der Waals surface area (Å²) in [6.07, 6.45) is 6.85. The van der Waals surface area contributed by atoms with E-state index in [4.69, 9.17) is 0 Å². The van der Waals surface area contributed by atoms with Gasteiger partial charge in [-0.1, -0.05) is 60.8 Å².